The van der Waals surface area contributed by atoms with Crippen LogP contribution in [-0.4, -0.2) is 77.8 Å². The Balaban J connectivity index is 0.000000857. The van der Waals surface area contributed by atoms with Crippen LogP contribution >= 0.6 is 0 Å². The Hall–Kier alpha value is -3.08. The van der Waals surface area contributed by atoms with Gasteiger partial charge in [0.05, 0.1) is 5.56 Å². The van der Waals surface area contributed by atoms with E-state index in [1.54, 1.807) is 11.9 Å². The van der Waals surface area contributed by atoms with E-state index in [4.69, 9.17) is 0 Å². The lowest BCUT2D eigenvalue weighted by atomic mass is 9.99. The molecule has 2 unspecified atom stereocenters. The summed E-state index contributed by atoms with van der Waals surface area (Å²) in [5, 5.41) is 8.27. The molecule has 0 spiro atoms. The van der Waals surface area contributed by atoms with E-state index >= 15 is 0 Å². The van der Waals surface area contributed by atoms with Gasteiger partial charge in [-0.1, -0.05) is 33.6 Å². The molecule has 0 saturated carbocycles. The quantitative estimate of drug-likeness (QED) is 0.344. The zero-order valence-electron chi connectivity index (χ0n) is 25.0. The molecule has 1 aromatic heterocycles. The van der Waals surface area contributed by atoms with Crippen molar-refractivity contribution in [2.45, 2.75) is 91.6 Å². The third kappa shape index (κ3) is 13.5. The van der Waals surface area contributed by atoms with E-state index in [-0.39, 0.29) is 41.6 Å². The normalized spacial score (nSPS) is 19.4. The van der Waals surface area contributed by atoms with E-state index in [1.807, 2.05) is 27.7 Å². The highest BCUT2D eigenvalue weighted by Gasteiger charge is 2.39. The van der Waals surface area contributed by atoms with Gasteiger partial charge in [0.25, 0.3) is 5.91 Å². The first kappa shape index (κ1) is 35.9. The molecule has 11 heteroatoms. The van der Waals surface area contributed by atoms with Crippen molar-refractivity contribution in [2.24, 2.45) is 17.6 Å². The Morgan fingerprint density at radius 1 is 1.13 bits per heavy atom. The third-order valence-electron chi connectivity index (χ3n) is 6.33. The Morgan fingerprint density at radius 3 is 2.31 bits per heavy atom. The van der Waals surface area contributed by atoms with E-state index < -0.39 is 0 Å². The van der Waals surface area contributed by atoms with Gasteiger partial charge < -0.3 is 26.6 Å². The van der Waals surface area contributed by atoms with Crippen LogP contribution in [0.25, 0.3) is 0 Å². The van der Waals surface area contributed by atoms with Crippen LogP contribution in [0.15, 0.2) is 18.7 Å². The van der Waals surface area contributed by atoms with Crippen molar-refractivity contribution in [2.75, 3.05) is 27.2 Å². The molecule has 4 amide bonds. The smallest absolute Gasteiger partial charge is 0.254 e. The van der Waals surface area contributed by atoms with Gasteiger partial charge in [0.15, 0.2) is 0 Å². The molecule has 0 aromatic carbocycles. The van der Waals surface area contributed by atoms with Crippen LogP contribution in [0, 0.1) is 11.8 Å². The van der Waals surface area contributed by atoms with Gasteiger partial charge in [-0.15, -0.1) is 0 Å². The van der Waals surface area contributed by atoms with Gasteiger partial charge in [0.2, 0.25) is 17.7 Å². The third-order valence-corrected chi connectivity index (χ3v) is 6.33. The molecule has 0 aliphatic carbocycles. The second kappa shape index (κ2) is 20.8. The molecule has 1 aromatic rings. The largest absolute Gasteiger partial charge is 0.356 e. The highest BCUT2D eigenvalue weighted by atomic mass is 16.2. The Morgan fingerprint density at radius 2 is 1.77 bits per heavy atom. The number of carbonyl (C=O) groups is 4. The molecular weight excluding hydrogens is 498 g/mol. The molecular formula is C28H51N7O4. The van der Waals surface area contributed by atoms with E-state index in [0.29, 0.717) is 30.9 Å². The highest BCUT2D eigenvalue weighted by Crippen LogP contribution is 2.26. The Bertz CT molecular complexity index is 852. The minimum absolute atomic E-state index is 0.0215. The molecule has 0 radical (unpaired) electrons. The van der Waals surface area contributed by atoms with Crippen molar-refractivity contribution in [3.05, 3.63) is 24.3 Å². The number of carbonyl (C=O) groups excluding carboxylic acids is 4. The van der Waals surface area contributed by atoms with Crippen molar-refractivity contribution in [1.29, 1.82) is 0 Å². The zero-order chi connectivity index (χ0) is 29.8. The maximum absolute atomic E-state index is 12.5. The van der Waals surface area contributed by atoms with Crippen LogP contribution in [0.3, 0.4) is 0 Å². The number of hydrogen-bond acceptors (Lipinski definition) is 7. The van der Waals surface area contributed by atoms with Crippen LogP contribution < -0.4 is 21.7 Å². The standard InChI is InChI=1S/C19H33N3O3.C6H7N3O.C2H6.CH5N/c1-13(2)21-19(25)18-14(3)9-10-22(18)17(24)8-6-4-5-7-15-11-16(23)20-12-15;1-7-6(10)5-2-8-4-9-3-5;2*1-2/h13-15,18H,4-12H2,1-3H3,(H,20,23)(H,21,25);2-4H,1H3,(H,7,10);1-2H3;2H2,1H3/t14?,15-,18?;;;/m1.../s1. The summed E-state index contributed by atoms with van der Waals surface area (Å²) >= 11 is 0. The summed E-state index contributed by atoms with van der Waals surface area (Å²) in [5.41, 5.74) is 4.98. The van der Waals surface area contributed by atoms with E-state index in [2.05, 4.69) is 38.6 Å². The fourth-order valence-electron chi connectivity index (χ4n) is 4.46. The number of likely N-dealkylation sites (tertiary alicyclic amines) is 1. The van der Waals surface area contributed by atoms with Gasteiger partial charge in [0.1, 0.15) is 12.4 Å². The summed E-state index contributed by atoms with van der Waals surface area (Å²) in [6.45, 7) is 11.4. The molecule has 222 valence electrons. The van der Waals surface area contributed by atoms with Gasteiger partial charge in [-0.25, -0.2) is 9.97 Å². The lowest BCUT2D eigenvalue weighted by Crippen LogP contribution is -2.49. The average molecular weight is 550 g/mol. The summed E-state index contributed by atoms with van der Waals surface area (Å²) in [4.78, 5) is 56.1. The molecule has 2 saturated heterocycles. The molecule has 2 aliphatic heterocycles. The molecule has 3 atom stereocenters. The van der Waals surface area contributed by atoms with Crippen molar-refractivity contribution < 1.29 is 19.2 Å². The van der Waals surface area contributed by atoms with Gasteiger partial charge in [0, 0.05) is 51.4 Å². The molecule has 39 heavy (non-hydrogen) atoms. The molecule has 0 bridgehead atoms. The summed E-state index contributed by atoms with van der Waals surface area (Å²) in [5.74, 6) is 0.759. The molecule has 2 aliphatic rings. The van der Waals surface area contributed by atoms with E-state index in [1.165, 1.54) is 25.8 Å². The van der Waals surface area contributed by atoms with Crippen LogP contribution in [0.4, 0.5) is 0 Å². The second-order valence-electron chi connectivity index (χ2n) is 9.64. The number of nitrogens with zero attached hydrogens (tertiary/aromatic N) is 3. The van der Waals surface area contributed by atoms with E-state index in [0.717, 1.165) is 38.6 Å². The van der Waals surface area contributed by atoms with Crippen LogP contribution in [-0.2, 0) is 14.4 Å². The number of aromatic nitrogens is 2. The first-order valence-electron chi connectivity index (χ1n) is 14.1. The van der Waals surface area contributed by atoms with Crippen molar-refractivity contribution in [3.63, 3.8) is 0 Å². The van der Waals surface area contributed by atoms with Crippen LogP contribution in [0.5, 0.6) is 0 Å². The fourth-order valence-corrected chi connectivity index (χ4v) is 4.46. The number of amides is 4. The van der Waals surface area contributed by atoms with Crippen molar-refractivity contribution >= 4 is 23.6 Å². The number of rotatable bonds is 9. The van der Waals surface area contributed by atoms with E-state index in [9.17, 15) is 19.2 Å². The predicted molar refractivity (Wildman–Crippen MR) is 154 cm³/mol. The highest BCUT2D eigenvalue weighted by molar-refractivity contribution is 5.93. The molecule has 3 heterocycles. The first-order chi connectivity index (χ1) is 18.7. The monoisotopic (exact) mass is 549 g/mol. The minimum Gasteiger partial charge on any atom is -0.356 e. The van der Waals surface area contributed by atoms with Gasteiger partial charge in [-0.3, -0.25) is 19.2 Å². The minimum atomic E-state index is -0.314. The zero-order valence-corrected chi connectivity index (χ0v) is 25.0. The summed E-state index contributed by atoms with van der Waals surface area (Å²) in [6.07, 6.45) is 10.3. The SMILES string of the molecule is CC.CC(C)NC(=O)C1C(C)CCN1C(=O)CCCCC[C@H]1CNC(=O)C1.CN.CNC(=O)c1cncnc1. The summed E-state index contributed by atoms with van der Waals surface area (Å²) in [6, 6.07) is -0.223. The summed E-state index contributed by atoms with van der Waals surface area (Å²) in [7, 11) is 3.06. The topological polar surface area (TPSA) is 159 Å². The number of unbranched alkanes of at least 4 members (excludes halogenated alkanes) is 2. The number of nitrogens with one attached hydrogen (secondary N) is 3. The second-order valence-corrected chi connectivity index (χ2v) is 9.64. The van der Waals surface area contributed by atoms with Gasteiger partial charge >= 0.3 is 0 Å². The average Bonchev–Trinajstić information content (AvgIpc) is 3.55. The van der Waals surface area contributed by atoms with Gasteiger partial charge in [-0.2, -0.15) is 0 Å². The van der Waals surface area contributed by atoms with Crippen molar-refractivity contribution in [3.8, 4) is 0 Å². The molecule has 5 N–H and O–H groups in total. The predicted octanol–water partition coefficient (Wildman–Crippen LogP) is 2.27. The summed E-state index contributed by atoms with van der Waals surface area (Å²) < 4.78 is 0. The lowest BCUT2D eigenvalue weighted by Gasteiger charge is -2.27. The number of hydrogen-bond donors (Lipinski definition) is 4. The maximum Gasteiger partial charge on any atom is 0.254 e. The molecule has 11 nitrogen and oxygen atoms in total. The fraction of sp³-hybridized carbons (Fsp3) is 0.714. The maximum atomic E-state index is 12.5. The molecule has 3 rings (SSSR count). The van der Waals surface area contributed by atoms with Gasteiger partial charge in [-0.05, 0) is 52.0 Å². The van der Waals surface area contributed by atoms with Crippen LogP contribution in [0.2, 0.25) is 0 Å². The Kier molecular flexibility index (Phi) is 19.2. The van der Waals surface area contributed by atoms with Crippen LogP contribution in [0.1, 0.15) is 89.9 Å². The molecule has 2 fully saturated rings. The lowest BCUT2D eigenvalue weighted by molar-refractivity contribution is -0.139. The van der Waals surface area contributed by atoms with Crippen molar-refractivity contribution in [1.82, 2.24) is 30.8 Å². The Labute approximate surface area is 234 Å². The number of nitrogens with two attached hydrogens (primary N) is 1. The first-order valence-corrected chi connectivity index (χ1v) is 14.1.